The predicted molar refractivity (Wildman–Crippen MR) is 87.9 cm³/mol. The van der Waals surface area contributed by atoms with Gasteiger partial charge >= 0.3 is 0 Å². The largest absolute Gasteiger partial charge is 0.347 e. The number of nitrogens with one attached hydrogen (secondary N) is 1. The molecule has 1 aromatic carbocycles. The fourth-order valence-electron chi connectivity index (χ4n) is 1.95. The minimum absolute atomic E-state index is 0.117. The molecule has 1 N–H and O–H groups in total. The molecule has 0 aliphatic rings. The van der Waals surface area contributed by atoms with Crippen LogP contribution in [0.2, 0.25) is 5.02 Å². The fourth-order valence-corrected chi connectivity index (χ4v) is 2.49. The van der Waals surface area contributed by atoms with Crippen LogP contribution in [0.1, 0.15) is 25.8 Å². The molecule has 1 unspecified atom stereocenters. The molecule has 1 atom stereocenters. The van der Waals surface area contributed by atoms with Crippen LogP contribution in [-0.2, 0) is 11.3 Å². The summed E-state index contributed by atoms with van der Waals surface area (Å²) in [5, 5.41) is 4.03. The molecule has 0 aliphatic carbocycles. The highest BCUT2D eigenvalue weighted by Gasteiger charge is 2.20. The number of hydrogen-bond donors (Lipinski definition) is 1. The smallest absolute Gasteiger partial charge is 0.239 e. The molecule has 0 spiro atoms. The second-order valence-electron chi connectivity index (χ2n) is 5.54. The topological polar surface area (TPSA) is 32.3 Å². The lowest BCUT2D eigenvalue weighted by Gasteiger charge is -2.23. The van der Waals surface area contributed by atoms with Crippen molar-refractivity contribution in [2.75, 3.05) is 14.1 Å². The van der Waals surface area contributed by atoms with Crippen LogP contribution in [0, 0.1) is 5.92 Å². The quantitative estimate of drug-likeness (QED) is 0.838. The zero-order chi connectivity index (χ0) is 15.3. The summed E-state index contributed by atoms with van der Waals surface area (Å²) in [5.74, 6) is 0.583. The van der Waals surface area contributed by atoms with Crippen molar-refractivity contribution >= 4 is 33.4 Å². The lowest BCUT2D eigenvalue weighted by Crippen LogP contribution is -2.44. The third-order valence-corrected chi connectivity index (χ3v) is 4.20. The number of benzene rings is 1. The molecule has 1 rings (SSSR count). The van der Waals surface area contributed by atoms with Gasteiger partial charge in [-0.15, -0.1) is 0 Å². The average Bonchev–Trinajstić information content (AvgIpc) is 2.37. The number of amides is 1. The second-order valence-corrected chi connectivity index (χ2v) is 6.81. The van der Waals surface area contributed by atoms with Gasteiger partial charge in [-0.25, -0.2) is 0 Å². The molecule has 0 radical (unpaired) electrons. The van der Waals surface area contributed by atoms with Crippen molar-refractivity contribution in [3.05, 3.63) is 33.3 Å². The maximum Gasteiger partial charge on any atom is 0.239 e. The summed E-state index contributed by atoms with van der Waals surface area (Å²) in [7, 11) is 3.58. The van der Waals surface area contributed by atoms with Crippen molar-refractivity contribution in [1.82, 2.24) is 10.2 Å². The van der Waals surface area contributed by atoms with E-state index >= 15 is 0 Å². The standard InChI is InChI=1S/C15H22BrClN2O/c1-10(2)7-14(15(20)19(3)4)18-9-11-5-6-13(17)12(16)8-11/h5-6,8,10,14,18H,7,9H2,1-4H3. The van der Waals surface area contributed by atoms with E-state index < -0.39 is 0 Å². The lowest BCUT2D eigenvalue weighted by atomic mass is 10.0. The normalized spacial score (nSPS) is 12.6. The Labute approximate surface area is 134 Å². The lowest BCUT2D eigenvalue weighted by molar-refractivity contribution is -0.131. The van der Waals surface area contributed by atoms with Crippen LogP contribution in [0.15, 0.2) is 22.7 Å². The Hall–Kier alpha value is -0.580. The summed E-state index contributed by atoms with van der Waals surface area (Å²) >= 11 is 9.39. The second kappa shape index (κ2) is 8.01. The first-order chi connectivity index (χ1) is 9.31. The van der Waals surface area contributed by atoms with Gasteiger partial charge in [0.25, 0.3) is 0 Å². The molecule has 112 valence electrons. The summed E-state index contributed by atoms with van der Waals surface area (Å²) in [6.45, 7) is 4.89. The SMILES string of the molecule is CC(C)CC(NCc1ccc(Cl)c(Br)c1)C(=O)N(C)C. The first kappa shape index (κ1) is 17.5. The Kier molecular flexibility index (Phi) is 7.00. The Balaban J connectivity index is 2.70. The monoisotopic (exact) mass is 360 g/mol. The third-order valence-electron chi connectivity index (χ3n) is 2.98. The number of carbonyl (C=O) groups excluding carboxylic acids is 1. The first-order valence-corrected chi connectivity index (χ1v) is 7.86. The molecule has 0 saturated heterocycles. The zero-order valence-corrected chi connectivity index (χ0v) is 14.8. The number of hydrogen-bond acceptors (Lipinski definition) is 2. The predicted octanol–water partition coefficient (Wildman–Crippen LogP) is 3.70. The fraction of sp³-hybridized carbons (Fsp3) is 0.533. The summed E-state index contributed by atoms with van der Waals surface area (Å²) < 4.78 is 0.873. The number of likely N-dealkylation sites (N-methyl/N-ethyl adjacent to an activating group) is 1. The Morgan fingerprint density at radius 3 is 2.55 bits per heavy atom. The average molecular weight is 362 g/mol. The van der Waals surface area contributed by atoms with Gasteiger partial charge in [-0.1, -0.05) is 31.5 Å². The summed E-state index contributed by atoms with van der Waals surface area (Å²) in [4.78, 5) is 13.8. The van der Waals surface area contributed by atoms with Gasteiger partial charge in [0.05, 0.1) is 11.1 Å². The molecule has 0 bridgehead atoms. The van der Waals surface area contributed by atoms with Gasteiger partial charge in [-0.3, -0.25) is 4.79 Å². The van der Waals surface area contributed by atoms with E-state index in [9.17, 15) is 4.79 Å². The Morgan fingerprint density at radius 2 is 2.05 bits per heavy atom. The maximum atomic E-state index is 12.2. The molecule has 0 aromatic heterocycles. The summed E-state index contributed by atoms with van der Waals surface area (Å²) in [6.07, 6.45) is 0.825. The molecular formula is C15H22BrClN2O. The molecule has 3 nitrogen and oxygen atoms in total. The molecule has 5 heteroatoms. The molecular weight excluding hydrogens is 340 g/mol. The number of halogens is 2. The van der Waals surface area contributed by atoms with Crippen molar-refractivity contribution < 1.29 is 4.79 Å². The van der Waals surface area contributed by atoms with E-state index in [2.05, 4.69) is 35.1 Å². The summed E-state index contributed by atoms with van der Waals surface area (Å²) in [6, 6.07) is 5.64. The van der Waals surface area contributed by atoms with Gasteiger partial charge in [0.1, 0.15) is 0 Å². The van der Waals surface area contributed by atoms with Crippen molar-refractivity contribution in [3.8, 4) is 0 Å². The van der Waals surface area contributed by atoms with Crippen molar-refractivity contribution in [2.45, 2.75) is 32.9 Å². The van der Waals surface area contributed by atoms with Crippen LogP contribution < -0.4 is 5.32 Å². The molecule has 1 aromatic rings. The number of nitrogens with zero attached hydrogens (tertiary/aromatic N) is 1. The van der Waals surface area contributed by atoms with Gasteiger partial charge < -0.3 is 10.2 Å². The molecule has 0 heterocycles. The molecule has 0 saturated carbocycles. The third kappa shape index (κ3) is 5.43. The van der Waals surface area contributed by atoms with E-state index in [0.717, 1.165) is 16.5 Å². The highest BCUT2D eigenvalue weighted by molar-refractivity contribution is 9.10. The van der Waals surface area contributed by atoms with Crippen LogP contribution in [-0.4, -0.2) is 30.9 Å². The van der Waals surface area contributed by atoms with Crippen LogP contribution in [0.5, 0.6) is 0 Å². The number of rotatable bonds is 6. The Bertz CT molecular complexity index is 463. The zero-order valence-electron chi connectivity index (χ0n) is 12.4. The summed E-state index contributed by atoms with van der Waals surface area (Å²) in [5.41, 5.74) is 1.10. The van der Waals surface area contributed by atoms with E-state index in [-0.39, 0.29) is 11.9 Å². The molecule has 1 amide bonds. The molecule has 0 fully saturated rings. The van der Waals surface area contributed by atoms with Gasteiger partial charge in [0.15, 0.2) is 0 Å². The van der Waals surface area contributed by atoms with Crippen LogP contribution in [0.25, 0.3) is 0 Å². The molecule has 20 heavy (non-hydrogen) atoms. The van der Waals surface area contributed by atoms with Gasteiger partial charge in [-0.2, -0.15) is 0 Å². The van der Waals surface area contributed by atoms with E-state index in [1.807, 2.05) is 18.2 Å². The minimum Gasteiger partial charge on any atom is -0.347 e. The highest BCUT2D eigenvalue weighted by atomic mass is 79.9. The Morgan fingerprint density at radius 1 is 1.40 bits per heavy atom. The first-order valence-electron chi connectivity index (χ1n) is 6.69. The van der Waals surface area contributed by atoms with Crippen molar-refractivity contribution in [3.63, 3.8) is 0 Å². The van der Waals surface area contributed by atoms with Crippen molar-refractivity contribution in [1.29, 1.82) is 0 Å². The van der Waals surface area contributed by atoms with Crippen LogP contribution >= 0.6 is 27.5 Å². The van der Waals surface area contributed by atoms with Gasteiger partial charge in [0, 0.05) is 25.1 Å². The highest BCUT2D eigenvalue weighted by Crippen LogP contribution is 2.23. The maximum absolute atomic E-state index is 12.2. The molecule has 0 aliphatic heterocycles. The number of carbonyl (C=O) groups is 1. The van der Waals surface area contributed by atoms with Gasteiger partial charge in [-0.05, 0) is 46.0 Å². The minimum atomic E-state index is -0.153. The van der Waals surface area contributed by atoms with E-state index in [4.69, 9.17) is 11.6 Å². The van der Waals surface area contributed by atoms with Crippen LogP contribution in [0.3, 0.4) is 0 Å². The van der Waals surface area contributed by atoms with E-state index in [1.54, 1.807) is 19.0 Å². The van der Waals surface area contributed by atoms with E-state index in [0.29, 0.717) is 17.5 Å². The van der Waals surface area contributed by atoms with Gasteiger partial charge in [0.2, 0.25) is 5.91 Å². The van der Waals surface area contributed by atoms with Crippen LogP contribution in [0.4, 0.5) is 0 Å². The van der Waals surface area contributed by atoms with E-state index in [1.165, 1.54) is 0 Å². The van der Waals surface area contributed by atoms with Crippen molar-refractivity contribution in [2.24, 2.45) is 5.92 Å².